The maximum Gasteiger partial charge on any atom is 0.223 e. The van der Waals surface area contributed by atoms with Gasteiger partial charge in [-0.2, -0.15) is 0 Å². The molecule has 6 unspecified atom stereocenters. The summed E-state index contributed by atoms with van der Waals surface area (Å²) in [5.74, 6) is -1.03. The van der Waals surface area contributed by atoms with Crippen molar-refractivity contribution < 1.29 is 94.5 Å². The Labute approximate surface area is 365 Å². The fraction of sp³-hybridized carbons (Fsp3) is 0.976. The van der Waals surface area contributed by atoms with E-state index in [0.717, 1.165) is 89.9 Å². The molecule has 1 amide bonds. The Bertz CT molecular complexity index is 1090. The van der Waals surface area contributed by atoms with Crippen LogP contribution in [0.15, 0.2) is 0 Å². The molecule has 62 heavy (non-hydrogen) atoms. The lowest BCUT2D eigenvalue weighted by molar-refractivity contribution is -0.324. The van der Waals surface area contributed by atoms with Crippen molar-refractivity contribution in [2.24, 2.45) is 5.92 Å². The molecule has 0 radical (unpaired) electrons. The molecular weight excluding hydrogens is 822 g/mol. The van der Waals surface area contributed by atoms with Gasteiger partial charge in [-0.05, 0) is 12.8 Å². The van der Waals surface area contributed by atoms with E-state index in [4.69, 9.17) is 28.4 Å². The molecular formula is C42H79NO19. The molecule has 3 heterocycles. The summed E-state index contributed by atoms with van der Waals surface area (Å²) in [6.45, 7) is -0.157. The third-order valence-corrected chi connectivity index (χ3v) is 12.2. The summed E-state index contributed by atoms with van der Waals surface area (Å²) in [5.41, 5.74) is -1.95. The average molecular weight is 902 g/mol. The van der Waals surface area contributed by atoms with Gasteiger partial charge in [-0.15, -0.1) is 0 Å². The van der Waals surface area contributed by atoms with Gasteiger partial charge in [-0.25, -0.2) is 0 Å². The first kappa shape index (κ1) is 55.1. The number of aliphatic hydroxyl groups excluding tert-OH is 12. The minimum atomic E-state index is -1.95. The van der Waals surface area contributed by atoms with E-state index in [1.165, 1.54) is 0 Å². The van der Waals surface area contributed by atoms with Crippen LogP contribution in [0.25, 0.3) is 0 Å². The first-order valence-electron chi connectivity index (χ1n) is 22.8. The Kier molecular flexibility index (Phi) is 25.5. The van der Waals surface area contributed by atoms with Crippen LogP contribution in [0.4, 0.5) is 0 Å². The molecule has 20 heteroatoms. The Morgan fingerprint density at radius 2 is 0.758 bits per heavy atom. The topological polar surface area (TPSA) is 327 Å². The van der Waals surface area contributed by atoms with Crippen LogP contribution in [-0.2, 0) is 33.2 Å². The number of aliphatic hydroxyl groups is 12. The van der Waals surface area contributed by atoms with Gasteiger partial charge in [0.1, 0.15) is 78.8 Å². The van der Waals surface area contributed by atoms with E-state index < -0.39 is 149 Å². The predicted octanol–water partition coefficient (Wildman–Crippen LogP) is -1.81. The van der Waals surface area contributed by atoms with Crippen LogP contribution in [-0.4, -0.2) is 204 Å². The highest BCUT2D eigenvalue weighted by atomic mass is 16.7. The Morgan fingerprint density at radius 3 is 1.05 bits per heavy atom. The number of nitrogens with one attached hydrogen (secondary N) is 1. The number of carbonyl (C=O) groups excluding carboxylic acids is 1. The van der Waals surface area contributed by atoms with E-state index in [0.29, 0.717) is 12.8 Å². The number of amides is 1. The van der Waals surface area contributed by atoms with Crippen molar-refractivity contribution in [2.75, 3.05) is 39.6 Å². The van der Waals surface area contributed by atoms with Crippen molar-refractivity contribution in [3.05, 3.63) is 0 Å². The molecule has 0 spiro atoms. The van der Waals surface area contributed by atoms with Crippen LogP contribution in [0.2, 0.25) is 0 Å². The number of rotatable bonds is 30. The SMILES string of the molecule is CCCCCCCCCC(CCCCCCCCC)C(=O)NC(CO[C@@H]1OC(CO)[C@@H](O)[C@H](O)C1O)(CO[C@@H]1OC(CO)[C@@H](O)[C@H](O)C1O)CO[C@@H]1OC(CO)[C@@H](O)[C@H](O)C1O. The van der Waals surface area contributed by atoms with E-state index in [2.05, 4.69) is 19.2 Å². The van der Waals surface area contributed by atoms with Crippen LogP contribution >= 0.6 is 0 Å². The molecule has 3 aliphatic heterocycles. The Balaban J connectivity index is 2.00. The van der Waals surface area contributed by atoms with Crippen LogP contribution in [0, 0.1) is 5.92 Å². The molecule has 3 aliphatic rings. The molecule has 20 nitrogen and oxygen atoms in total. The average Bonchev–Trinajstić information content (AvgIpc) is 3.27. The van der Waals surface area contributed by atoms with Gasteiger partial charge in [0.25, 0.3) is 0 Å². The quantitative estimate of drug-likeness (QED) is 0.0353. The number of unbranched alkanes of at least 4 members (excludes halogenated alkanes) is 12. The highest BCUT2D eigenvalue weighted by Crippen LogP contribution is 2.29. The first-order chi connectivity index (χ1) is 29.7. The summed E-state index contributed by atoms with van der Waals surface area (Å²) >= 11 is 0. The van der Waals surface area contributed by atoms with Gasteiger partial charge in [0, 0.05) is 5.92 Å². The molecule has 366 valence electrons. The molecule has 0 bridgehead atoms. The first-order valence-corrected chi connectivity index (χ1v) is 22.8. The number of carbonyl (C=O) groups is 1. The molecule has 3 rings (SSSR count). The van der Waals surface area contributed by atoms with Crippen molar-refractivity contribution >= 4 is 5.91 Å². The van der Waals surface area contributed by atoms with Crippen molar-refractivity contribution in [3.8, 4) is 0 Å². The second-order valence-electron chi connectivity index (χ2n) is 17.3. The molecule has 0 aromatic rings. The van der Waals surface area contributed by atoms with Gasteiger partial charge < -0.3 is 95.0 Å². The van der Waals surface area contributed by atoms with Crippen molar-refractivity contribution in [1.82, 2.24) is 5.32 Å². The standard InChI is InChI=1S/C42H79NO19/c1-3-5-7-9-11-13-15-17-25(18-16-14-12-10-8-6-4-2)38(56)43-42(22-57-39-35(53)32(50)29(47)26(19-44)60-39,23-58-40-36(54)33(51)30(48)27(20-45)61-40)24-59-41-37(55)34(52)31(49)28(21-46)62-41/h25-37,39-41,44-55H,3-24H2,1-2H3,(H,43,56)/t26?,27?,28?,29-,30-,31-,32+,33+,34+,35?,36?,37?,39-,40-,41-,42?/m1/s1. The zero-order valence-electron chi connectivity index (χ0n) is 36.5. The smallest absolute Gasteiger partial charge is 0.223 e. The van der Waals surface area contributed by atoms with Gasteiger partial charge >= 0.3 is 0 Å². The molecule has 3 fully saturated rings. The molecule has 0 aliphatic carbocycles. The largest absolute Gasteiger partial charge is 0.394 e. The third-order valence-electron chi connectivity index (χ3n) is 12.2. The number of hydrogen-bond acceptors (Lipinski definition) is 19. The summed E-state index contributed by atoms with van der Waals surface area (Å²) in [4.78, 5) is 14.7. The zero-order chi connectivity index (χ0) is 45.8. The second kappa shape index (κ2) is 28.7. The van der Waals surface area contributed by atoms with Crippen molar-refractivity contribution in [2.45, 2.75) is 214 Å². The van der Waals surface area contributed by atoms with Crippen LogP contribution < -0.4 is 5.32 Å². The van der Waals surface area contributed by atoms with Crippen LogP contribution in [0.1, 0.15) is 117 Å². The molecule has 13 N–H and O–H groups in total. The zero-order valence-corrected chi connectivity index (χ0v) is 36.5. The summed E-state index contributed by atoms with van der Waals surface area (Å²) in [5, 5.41) is 128. The Hall–Kier alpha value is -1.25. The van der Waals surface area contributed by atoms with Crippen molar-refractivity contribution in [3.63, 3.8) is 0 Å². The number of ether oxygens (including phenoxy) is 6. The lowest BCUT2D eigenvalue weighted by Crippen LogP contribution is -2.65. The highest BCUT2D eigenvalue weighted by molar-refractivity contribution is 5.79. The van der Waals surface area contributed by atoms with E-state index in [9.17, 15) is 66.1 Å². The molecule has 0 aromatic carbocycles. The van der Waals surface area contributed by atoms with E-state index in [1.54, 1.807) is 0 Å². The third kappa shape index (κ3) is 16.3. The number of hydrogen-bond donors (Lipinski definition) is 13. The van der Waals surface area contributed by atoms with Gasteiger partial charge in [0.15, 0.2) is 18.9 Å². The predicted molar refractivity (Wildman–Crippen MR) is 219 cm³/mol. The van der Waals surface area contributed by atoms with E-state index >= 15 is 0 Å². The summed E-state index contributed by atoms with van der Waals surface area (Å²) in [6.07, 6.45) is -10.3. The Morgan fingerprint density at radius 1 is 0.468 bits per heavy atom. The summed E-state index contributed by atoms with van der Waals surface area (Å²) in [7, 11) is 0. The van der Waals surface area contributed by atoms with Crippen LogP contribution in [0.5, 0.6) is 0 Å². The minimum absolute atomic E-state index is 0.478. The lowest BCUT2D eigenvalue weighted by atomic mass is 9.91. The van der Waals surface area contributed by atoms with Crippen LogP contribution in [0.3, 0.4) is 0 Å². The minimum Gasteiger partial charge on any atom is -0.394 e. The van der Waals surface area contributed by atoms with Gasteiger partial charge in [0.05, 0.1) is 39.6 Å². The summed E-state index contributed by atoms with van der Waals surface area (Å²) in [6, 6.07) is 0. The fourth-order valence-corrected chi connectivity index (χ4v) is 8.04. The van der Waals surface area contributed by atoms with Gasteiger partial charge in [-0.3, -0.25) is 4.79 Å². The van der Waals surface area contributed by atoms with Crippen molar-refractivity contribution in [1.29, 1.82) is 0 Å². The maximum absolute atomic E-state index is 14.7. The fourth-order valence-electron chi connectivity index (χ4n) is 8.04. The maximum atomic E-state index is 14.7. The second-order valence-corrected chi connectivity index (χ2v) is 17.3. The normalized spacial score (nSPS) is 35.2. The monoisotopic (exact) mass is 902 g/mol. The molecule has 0 saturated carbocycles. The van der Waals surface area contributed by atoms with E-state index in [-0.39, 0.29) is 0 Å². The van der Waals surface area contributed by atoms with Gasteiger partial charge in [0.2, 0.25) is 5.91 Å². The lowest BCUT2D eigenvalue weighted by Gasteiger charge is -2.45. The highest BCUT2D eigenvalue weighted by Gasteiger charge is 2.50. The van der Waals surface area contributed by atoms with E-state index in [1.807, 2.05) is 0 Å². The van der Waals surface area contributed by atoms with Gasteiger partial charge in [-0.1, -0.05) is 104 Å². The summed E-state index contributed by atoms with van der Waals surface area (Å²) < 4.78 is 34.7. The molecule has 15 atom stereocenters. The molecule has 3 saturated heterocycles. The molecule has 0 aromatic heterocycles.